The minimum atomic E-state index is -0.373. The normalized spacial score (nSPS) is 10.9. The summed E-state index contributed by atoms with van der Waals surface area (Å²) in [6.07, 6.45) is 0.0743. The number of nitrogens with zero attached hydrogens (tertiary/aromatic N) is 1. The fourth-order valence-corrected chi connectivity index (χ4v) is 3.42. The summed E-state index contributed by atoms with van der Waals surface area (Å²) in [6, 6.07) is 3.99. The van der Waals surface area contributed by atoms with E-state index >= 15 is 0 Å². The van der Waals surface area contributed by atoms with Gasteiger partial charge in [-0.15, -0.1) is 11.3 Å². The first-order valence-electron chi connectivity index (χ1n) is 7.72. The topological polar surface area (TPSA) is 81.4 Å². The molecule has 0 bridgehead atoms. The van der Waals surface area contributed by atoms with Gasteiger partial charge in [0.1, 0.15) is 5.58 Å². The number of hydrogen-bond acceptors (Lipinski definition) is 6. The molecule has 0 unspecified atom stereocenters. The summed E-state index contributed by atoms with van der Waals surface area (Å²) in [4.78, 5) is 28.1. The largest absolute Gasteiger partial charge is 0.469 e. The molecule has 1 amide bonds. The van der Waals surface area contributed by atoms with E-state index in [1.807, 2.05) is 32.9 Å². The van der Waals surface area contributed by atoms with Crippen LogP contribution in [0, 0.1) is 20.8 Å². The van der Waals surface area contributed by atoms with Crippen LogP contribution in [0.1, 0.15) is 32.9 Å². The van der Waals surface area contributed by atoms with Gasteiger partial charge in [-0.05, 0) is 31.9 Å². The maximum Gasteiger partial charge on any atom is 0.311 e. The van der Waals surface area contributed by atoms with Gasteiger partial charge in [-0.2, -0.15) is 0 Å². The number of thiazole rings is 1. The molecular formula is C18H18N2O4S. The molecule has 25 heavy (non-hydrogen) atoms. The van der Waals surface area contributed by atoms with Crippen molar-refractivity contribution in [2.75, 3.05) is 12.4 Å². The number of furan rings is 1. The number of nitrogens with one attached hydrogen (secondary N) is 1. The van der Waals surface area contributed by atoms with E-state index < -0.39 is 0 Å². The Balaban J connectivity index is 1.86. The number of carbonyl (C=O) groups excluding carboxylic acids is 2. The summed E-state index contributed by atoms with van der Waals surface area (Å²) in [5.74, 6) is -0.453. The Kier molecular flexibility index (Phi) is 4.59. The molecule has 0 saturated heterocycles. The molecule has 3 rings (SSSR count). The van der Waals surface area contributed by atoms with Crippen LogP contribution in [0.2, 0.25) is 0 Å². The number of carbonyl (C=O) groups is 2. The number of methoxy groups -OCH3 is 1. The lowest BCUT2D eigenvalue weighted by atomic mass is 10.0. The monoisotopic (exact) mass is 358 g/mol. The predicted octanol–water partition coefficient (Wildman–Crippen LogP) is 3.78. The zero-order valence-corrected chi connectivity index (χ0v) is 15.2. The Morgan fingerprint density at radius 3 is 2.64 bits per heavy atom. The minimum Gasteiger partial charge on any atom is -0.469 e. The highest BCUT2D eigenvalue weighted by Crippen LogP contribution is 2.31. The van der Waals surface area contributed by atoms with E-state index in [0.717, 1.165) is 27.7 Å². The summed E-state index contributed by atoms with van der Waals surface area (Å²) in [6.45, 7) is 5.82. The number of amides is 1. The standard InChI is InChI=1S/C18H18N2O4S/c1-9-5-6-10(2)15-14(9)11(3)16(24-15)17(22)20-18-19-12(8-25-18)7-13(21)23-4/h5-6,8H,7H2,1-4H3,(H,19,20,22). The number of hydrogen-bond donors (Lipinski definition) is 1. The van der Waals surface area contributed by atoms with Gasteiger partial charge in [-0.3, -0.25) is 14.9 Å². The molecule has 0 atom stereocenters. The third-order valence-electron chi connectivity index (χ3n) is 4.01. The number of ether oxygens (including phenoxy) is 1. The highest BCUT2D eigenvalue weighted by Gasteiger charge is 2.21. The van der Waals surface area contributed by atoms with E-state index in [4.69, 9.17) is 4.42 Å². The molecule has 0 radical (unpaired) electrons. The smallest absolute Gasteiger partial charge is 0.311 e. The summed E-state index contributed by atoms with van der Waals surface area (Å²) in [7, 11) is 1.33. The maximum atomic E-state index is 12.6. The second-order valence-electron chi connectivity index (χ2n) is 5.81. The molecule has 6 nitrogen and oxygen atoms in total. The second kappa shape index (κ2) is 6.68. The molecule has 1 N–H and O–H groups in total. The molecule has 0 aliphatic rings. The van der Waals surface area contributed by atoms with Crippen LogP contribution in [-0.2, 0) is 16.0 Å². The first-order chi connectivity index (χ1) is 11.9. The maximum absolute atomic E-state index is 12.6. The van der Waals surface area contributed by atoms with Gasteiger partial charge in [0.15, 0.2) is 10.9 Å². The van der Waals surface area contributed by atoms with Gasteiger partial charge < -0.3 is 9.15 Å². The highest BCUT2D eigenvalue weighted by atomic mass is 32.1. The number of fused-ring (bicyclic) bond motifs is 1. The Morgan fingerprint density at radius 1 is 1.24 bits per heavy atom. The number of esters is 1. The Hall–Kier alpha value is -2.67. The van der Waals surface area contributed by atoms with Crippen molar-refractivity contribution in [3.05, 3.63) is 45.7 Å². The molecule has 1 aromatic carbocycles. The van der Waals surface area contributed by atoms with Crippen molar-refractivity contribution in [2.45, 2.75) is 27.2 Å². The summed E-state index contributed by atoms with van der Waals surface area (Å²) < 4.78 is 10.4. The van der Waals surface area contributed by atoms with Crippen LogP contribution in [0.5, 0.6) is 0 Å². The molecule has 0 aliphatic carbocycles. The van der Waals surface area contributed by atoms with Gasteiger partial charge in [-0.1, -0.05) is 12.1 Å². The van der Waals surface area contributed by atoms with E-state index in [-0.39, 0.29) is 24.1 Å². The number of benzene rings is 1. The van der Waals surface area contributed by atoms with E-state index in [0.29, 0.717) is 10.8 Å². The van der Waals surface area contributed by atoms with E-state index in [1.54, 1.807) is 5.38 Å². The number of anilines is 1. The SMILES string of the molecule is COC(=O)Cc1csc(NC(=O)c2oc3c(C)ccc(C)c3c2C)n1. The number of rotatable bonds is 4. The molecule has 2 aromatic heterocycles. The van der Waals surface area contributed by atoms with Crippen LogP contribution in [0.15, 0.2) is 21.9 Å². The van der Waals surface area contributed by atoms with Gasteiger partial charge in [0.2, 0.25) is 0 Å². The van der Waals surface area contributed by atoms with E-state index in [9.17, 15) is 9.59 Å². The van der Waals surface area contributed by atoms with Crippen molar-refractivity contribution in [3.63, 3.8) is 0 Å². The van der Waals surface area contributed by atoms with E-state index in [1.165, 1.54) is 18.4 Å². The third-order valence-corrected chi connectivity index (χ3v) is 4.82. The summed E-state index contributed by atoms with van der Waals surface area (Å²) >= 11 is 1.25. The number of aromatic nitrogens is 1. The predicted molar refractivity (Wildman–Crippen MR) is 96.2 cm³/mol. The van der Waals surface area contributed by atoms with Crippen molar-refractivity contribution in [1.29, 1.82) is 0 Å². The van der Waals surface area contributed by atoms with E-state index in [2.05, 4.69) is 15.0 Å². The lowest BCUT2D eigenvalue weighted by Crippen LogP contribution is -2.12. The zero-order chi connectivity index (χ0) is 18.1. The average Bonchev–Trinajstić information content (AvgIpc) is 3.16. The van der Waals surface area contributed by atoms with Gasteiger partial charge in [0, 0.05) is 16.3 Å². The van der Waals surface area contributed by atoms with Gasteiger partial charge in [0.25, 0.3) is 5.91 Å². The van der Waals surface area contributed by atoms with Gasteiger partial charge >= 0.3 is 5.97 Å². The summed E-state index contributed by atoms with van der Waals surface area (Å²) in [5, 5.41) is 5.83. The summed E-state index contributed by atoms with van der Waals surface area (Å²) in [5.41, 5.74) is 4.14. The average molecular weight is 358 g/mol. The van der Waals surface area contributed by atoms with Gasteiger partial charge in [-0.25, -0.2) is 4.98 Å². The number of aryl methyl sites for hydroxylation is 3. The van der Waals surface area contributed by atoms with Crippen LogP contribution in [0.4, 0.5) is 5.13 Å². The molecule has 3 aromatic rings. The lowest BCUT2D eigenvalue weighted by Gasteiger charge is -2.00. The molecular weight excluding hydrogens is 340 g/mol. The van der Waals surface area contributed by atoms with Crippen LogP contribution in [0.3, 0.4) is 0 Å². The molecule has 0 spiro atoms. The fourth-order valence-electron chi connectivity index (χ4n) is 2.71. The molecule has 2 heterocycles. The lowest BCUT2D eigenvalue weighted by molar-refractivity contribution is -0.139. The first kappa shape index (κ1) is 17.2. The molecule has 7 heteroatoms. The quantitative estimate of drug-likeness (QED) is 0.718. The molecule has 0 saturated carbocycles. The van der Waals surface area contributed by atoms with Gasteiger partial charge in [0.05, 0.1) is 19.2 Å². The molecule has 0 fully saturated rings. The van der Waals surface area contributed by atoms with Crippen LogP contribution >= 0.6 is 11.3 Å². The van der Waals surface area contributed by atoms with Crippen LogP contribution in [-0.4, -0.2) is 24.0 Å². The van der Waals surface area contributed by atoms with Crippen molar-refractivity contribution in [1.82, 2.24) is 4.98 Å². The fraction of sp³-hybridized carbons (Fsp3) is 0.278. The minimum absolute atomic E-state index is 0.0743. The van der Waals surface area contributed by atoms with Crippen molar-refractivity contribution < 1.29 is 18.7 Å². The third kappa shape index (κ3) is 3.28. The second-order valence-corrected chi connectivity index (χ2v) is 6.67. The highest BCUT2D eigenvalue weighted by molar-refractivity contribution is 7.14. The Labute approximate surface area is 148 Å². The first-order valence-corrected chi connectivity index (χ1v) is 8.60. The van der Waals surface area contributed by atoms with Crippen molar-refractivity contribution >= 4 is 39.3 Å². The van der Waals surface area contributed by atoms with Crippen LogP contribution < -0.4 is 5.32 Å². The molecule has 130 valence electrons. The Morgan fingerprint density at radius 2 is 1.96 bits per heavy atom. The Bertz CT molecular complexity index is 971. The molecule has 0 aliphatic heterocycles. The zero-order valence-electron chi connectivity index (χ0n) is 14.4. The van der Waals surface area contributed by atoms with Crippen molar-refractivity contribution in [3.8, 4) is 0 Å². The van der Waals surface area contributed by atoms with Crippen molar-refractivity contribution in [2.24, 2.45) is 0 Å². The van der Waals surface area contributed by atoms with Crippen LogP contribution in [0.25, 0.3) is 11.0 Å².